The Morgan fingerprint density at radius 3 is 2.48 bits per heavy atom. The summed E-state index contributed by atoms with van der Waals surface area (Å²) in [6.07, 6.45) is 5.00. The summed E-state index contributed by atoms with van der Waals surface area (Å²) >= 11 is 0. The molecule has 2 aromatic heterocycles. The van der Waals surface area contributed by atoms with Gasteiger partial charge in [0.25, 0.3) is 0 Å². The molecule has 0 saturated carbocycles. The molecule has 0 aliphatic carbocycles. The predicted octanol–water partition coefficient (Wildman–Crippen LogP) is 3.30. The molecular formula is C24H32N6O3. The van der Waals surface area contributed by atoms with Crippen LogP contribution >= 0.6 is 0 Å². The van der Waals surface area contributed by atoms with E-state index in [-0.39, 0.29) is 0 Å². The van der Waals surface area contributed by atoms with Crippen molar-refractivity contribution in [2.24, 2.45) is 0 Å². The highest BCUT2D eigenvalue weighted by atomic mass is 16.5. The van der Waals surface area contributed by atoms with E-state index in [4.69, 9.17) is 9.72 Å². The summed E-state index contributed by atoms with van der Waals surface area (Å²) in [7, 11) is 1.63. The molecule has 1 saturated heterocycles. The van der Waals surface area contributed by atoms with Crippen LogP contribution in [0.2, 0.25) is 0 Å². The van der Waals surface area contributed by atoms with Crippen LogP contribution in [0.5, 0.6) is 5.75 Å². The van der Waals surface area contributed by atoms with Gasteiger partial charge in [0.05, 0.1) is 36.1 Å². The van der Waals surface area contributed by atoms with E-state index in [1.165, 1.54) is 0 Å². The number of ether oxygens (including phenoxy) is 1. The van der Waals surface area contributed by atoms with Crippen molar-refractivity contribution < 1.29 is 14.9 Å². The number of aryl methyl sites for hydroxylation is 1. The van der Waals surface area contributed by atoms with Crippen LogP contribution in [0.4, 0.5) is 17.5 Å². The summed E-state index contributed by atoms with van der Waals surface area (Å²) in [5.74, 6) is 1.78. The lowest BCUT2D eigenvalue weighted by Gasteiger charge is -2.36. The van der Waals surface area contributed by atoms with Crippen LogP contribution in [0.1, 0.15) is 45.0 Å². The predicted molar refractivity (Wildman–Crippen MR) is 127 cm³/mol. The molecular weight excluding hydrogens is 420 g/mol. The van der Waals surface area contributed by atoms with Crippen LogP contribution in [0.3, 0.4) is 0 Å². The fourth-order valence-electron chi connectivity index (χ4n) is 3.83. The van der Waals surface area contributed by atoms with Gasteiger partial charge < -0.3 is 29.7 Å². The van der Waals surface area contributed by atoms with E-state index in [1.807, 2.05) is 48.9 Å². The minimum atomic E-state index is -1.13. The van der Waals surface area contributed by atoms with Crippen LogP contribution in [0.25, 0.3) is 5.69 Å². The third kappa shape index (κ3) is 5.26. The van der Waals surface area contributed by atoms with Crippen molar-refractivity contribution in [3.8, 4) is 11.4 Å². The Morgan fingerprint density at radius 2 is 1.88 bits per heavy atom. The monoisotopic (exact) mass is 452 g/mol. The fourth-order valence-corrected chi connectivity index (χ4v) is 3.83. The molecule has 1 fully saturated rings. The molecule has 33 heavy (non-hydrogen) atoms. The van der Waals surface area contributed by atoms with Gasteiger partial charge in [-0.25, -0.2) is 9.97 Å². The van der Waals surface area contributed by atoms with Gasteiger partial charge in [0.2, 0.25) is 5.95 Å². The average Bonchev–Trinajstić information content (AvgIpc) is 3.19. The number of benzene rings is 1. The molecule has 9 nitrogen and oxygen atoms in total. The largest absolute Gasteiger partial charge is 0.494 e. The van der Waals surface area contributed by atoms with Gasteiger partial charge in [-0.1, -0.05) is 0 Å². The molecule has 176 valence electrons. The van der Waals surface area contributed by atoms with Crippen LogP contribution in [0.15, 0.2) is 36.8 Å². The number of nitrogens with zero attached hydrogens (tertiary/aromatic N) is 5. The summed E-state index contributed by atoms with van der Waals surface area (Å²) in [5.41, 5.74) is 1.28. The van der Waals surface area contributed by atoms with Crippen molar-refractivity contribution in [2.75, 3.05) is 30.4 Å². The van der Waals surface area contributed by atoms with Gasteiger partial charge >= 0.3 is 0 Å². The number of hydrogen-bond donors (Lipinski definition) is 3. The number of rotatable bonds is 6. The van der Waals surface area contributed by atoms with Crippen LogP contribution in [-0.2, 0) is 5.60 Å². The number of aromatic nitrogens is 4. The minimum absolute atomic E-state index is 0.384. The third-order valence-electron chi connectivity index (χ3n) is 5.93. The first kappa shape index (κ1) is 23.0. The number of methoxy groups -OCH3 is 1. The van der Waals surface area contributed by atoms with Crippen molar-refractivity contribution in [3.63, 3.8) is 0 Å². The first-order chi connectivity index (χ1) is 15.5. The maximum Gasteiger partial charge on any atom is 0.229 e. The molecule has 0 unspecified atom stereocenters. The number of nitrogens with one attached hydrogen (secondary N) is 1. The SMILES string of the molecule is COc1cc(Nc2nc(N3CCC(C)(O)CC3)cc(C(C)(C)O)n2)ccc1-n1cnc(C)c1. The summed E-state index contributed by atoms with van der Waals surface area (Å²) in [6.45, 7) is 8.57. The van der Waals surface area contributed by atoms with Crippen LogP contribution in [0, 0.1) is 6.92 Å². The van der Waals surface area contributed by atoms with Crippen LogP contribution in [-0.4, -0.2) is 55.5 Å². The smallest absolute Gasteiger partial charge is 0.229 e. The molecule has 3 aromatic rings. The first-order valence-corrected chi connectivity index (χ1v) is 11.1. The molecule has 0 atom stereocenters. The summed E-state index contributed by atoms with van der Waals surface area (Å²) in [4.78, 5) is 15.7. The highest BCUT2D eigenvalue weighted by Gasteiger charge is 2.29. The van der Waals surface area contributed by atoms with E-state index < -0.39 is 11.2 Å². The molecule has 0 spiro atoms. The van der Waals surface area contributed by atoms with E-state index in [0.29, 0.717) is 43.3 Å². The highest BCUT2D eigenvalue weighted by Crippen LogP contribution is 2.31. The maximum atomic E-state index is 10.6. The topological polar surface area (TPSA) is 109 Å². The zero-order valence-electron chi connectivity index (χ0n) is 19.8. The van der Waals surface area contributed by atoms with E-state index in [9.17, 15) is 10.2 Å². The van der Waals surface area contributed by atoms with Gasteiger partial charge in [0.1, 0.15) is 17.2 Å². The number of aliphatic hydroxyl groups is 2. The van der Waals surface area contributed by atoms with Gasteiger partial charge in [0.15, 0.2) is 0 Å². The molecule has 0 radical (unpaired) electrons. The number of piperidine rings is 1. The number of hydrogen-bond acceptors (Lipinski definition) is 8. The standard InChI is InChI=1S/C24H32N6O3/c1-16-14-30(15-25-16)18-7-6-17(12-19(18)33-5)26-22-27-20(23(2,3)31)13-21(28-22)29-10-8-24(4,32)9-11-29/h6-7,12-15,31-32H,8-11H2,1-5H3,(H,26,27,28). The van der Waals surface area contributed by atoms with Gasteiger partial charge in [-0.2, -0.15) is 4.98 Å². The van der Waals surface area contributed by atoms with E-state index in [0.717, 1.165) is 22.9 Å². The van der Waals surface area contributed by atoms with Crippen molar-refractivity contribution in [2.45, 2.75) is 51.7 Å². The Labute approximate surface area is 194 Å². The van der Waals surface area contributed by atoms with Gasteiger partial charge in [-0.15, -0.1) is 0 Å². The third-order valence-corrected chi connectivity index (χ3v) is 5.93. The van der Waals surface area contributed by atoms with Crippen molar-refractivity contribution in [1.82, 2.24) is 19.5 Å². The zero-order chi connectivity index (χ0) is 23.8. The maximum absolute atomic E-state index is 10.6. The van der Waals surface area contributed by atoms with Crippen LogP contribution < -0.4 is 15.0 Å². The quantitative estimate of drug-likeness (QED) is 0.523. The Kier molecular flexibility index (Phi) is 6.02. The van der Waals surface area contributed by atoms with E-state index in [2.05, 4.69) is 20.2 Å². The van der Waals surface area contributed by atoms with E-state index >= 15 is 0 Å². The highest BCUT2D eigenvalue weighted by molar-refractivity contribution is 5.63. The molecule has 1 aliphatic heterocycles. The van der Waals surface area contributed by atoms with E-state index in [1.54, 1.807) is 27.3 Å². The molecule has 1 aromatic carbocycles. The summed E-state index contributed by atoms with van der Waals surface area (Å²) in [5, 5.41) is 24.2. The summed E-state index contributed by atoms with van der Waals surface area (Å²) < 4.78 is 7.51. The first-order valence-electron chi connectivity index (χ1n) is 11.1. The second kappa shape index (κ2) is 8.64. The molecule has 0 bridgehead atoms. The fraction of sp³-hybridized carbons (Fsp3) is 0.458. The minimum Gasteiger partial charge on any atom is -0.494 e. The lowest BCUT2D eigenvalue weighted by atomic mass is 9.94. The Balaban J connectivity index is 1.64. The van der Waals surface area contributed by atoms with Gasteiger partial charge in [0, 0.05) is 37.1 Å². The van der Waals surface area contributed by atoms with Gasteiger partial charge in [-0.3, -0.25) is 0 Å². The second-order valence-electron chi connectivity index (χ2n) is 9.41. The van der Waals surface area contributed by atoms with Gasteiger partial charge in [-0.05, 0) is 52.7 Å². The summed E-state index contributed by atoms with van der Waals surface area (Å²) in [6, 6.07) is 7.56. The average molecular weight is 453 g/mol. The molecule has 3 N–H and O–H groups in total. The van der Waals surface area contributed by atoms with Crippen molar-refractivity contribution in [3.05, 3.63) is 48.2 Å². The Bertz CT molecular complexity index is 1130. The lowest BCUT2D eigenvalue weighted by Crippen LogP contribution is -2.43. The Morgan fingerprint density at radius 1 is 1.15 bits per heavy atom. The molecule has 3 heterocycles. The molecule has 4 rings (SSSR count). The Hall–Kier alpha value is -3.17. The molecule has 1 aliphatic rings. The second-order valence-corrected chi connectivity index (χ2v) is 9.41. The normalized spacial score (nSPS) is 16.0. The lowest BCUT2D eigenvalue weighted by molar-refractivity contribution is 0.0349. The van der Waals surface area contributed by atoms with Crippen molar-refractivity contribution >= 4 is 17.5 Å². The molecule has 9 heteroatoms. The number of imidazole rings is 1. The molecule has 0 amide bonds. The van der Waals surface area contributed by atoms with Crippen molar-refractivity contribution in [1.29, 1.82) is 0 Å². The number of anilines is 3. The zero-order valence-corrected chi connectivity index (χ0v) is 19.8.